The lowest BCUT2D eigenvalue weighted by atomic mass is 10.0. The van der Waals surface area contributed by atoms with E-state index in [1.807, 2.05) is 13.8 Å². The summed E-state index contributed by atoms with van der Waals surface area (Å²) < 4.78 is 4.93. The Morgan fingerprint density at radius 1 is 1.40 bits per heavy atom. The zero-order chi connectivity index (χ0) is 15.1. The third-order valence-corrected chi connectivity index (χ3v) is 2.70. The third kappa shape index (κ3) is 5.81. The van der Waals surface area contributed by atoms with E-state index in [1.165, 1.54) is 0 Å². The van der Waals surface area contributed by atoms with E-state index in [2.05, 4.69) is 15.5 Å². The van der Waals surface area contributed by atoms with Crippen LogP contribution in [0.5, 0.6) is 0 Å². The molecule has 2 N–H and O–H groups in total. The Hall–Kier alpha value is -1.92. The number of nitrogens with one attached hydrogen (secondary N) is 1. The average molecular weight is 283 g/mol. The lowest BCUT2D eigenvalue weighted by Crippen LogP contribution is -2.41. The van der Waals surface area contributed by atoms with Gasteiger partial charge in [-0.05, 0) is 25.7 Å². The van der Waals surface area contributed by atoms with Crippen LogP contribution in [0, 0.1) is 12.8 Å². The largest absolute Gasteiger partial charge is 0.480 e. The van der Waals surface area contributed by atoms with E-state index in [9.17, 15) is 9.59 Å². The summed E-state index contributed by atoms with van der Waals surface area (Å²) in [6.07, 6.45) is 1.71. The van der Waals surface area contributed by atoms with Crippen LogP contribution in [0.3, 0.4) is 0 Å². The Kier molecular flexibility index (Phi) is 6.14. The van der Waals surface area contributed by atoms with Crippen molar-refractivity contribution in [1.29, 1.82) is 0 Å². The Morgan fingerprint density at radius 2 is 2.10 bits per heavy atom. The van der Waals surface area contributed by atoms with Crippen LogP contribution in [0.1, 0.15) is 44.8 Å². The molecule has 0 saturated carbocycles. The summed E-state index contributed by atoms with van der Waals surface area (Å²) in [5.74, 6) is -0.00813. The molecule has 0 fully saturated rings. The highest BCUT2D eigenvalue weighted by atomic mass is 16.5. The fourth-order valence-corrected chi connectivity index (χ4v) is 1.80. The summed E-state index contributed by atoms with van der Waals surface area (Å²) in [7, 11) is 0. The molecule has 0 aliphatic rings. The van der Waals surface area contributed by atoms with Gasteiger partial charge in [0.2, 0.25) is 11.8 Å². The summed E-state index contributed by atoms with van der Waals surface area (Å²) in [5, 5.41) is 15.2. The van der Waals surface area contributed by atoms with Crippen LogP contribution in [0.25, 0.3) is 0 Å². The maximum atomic E-state index is 11.7. The molecule has 0 saturated heterocycles. The average Bonchev–Trinajstić information content (AvgIpc) is 2.73. The minimum atomic E-state index is -1.00. The minimum Gasteiger partial charge on any atom is -0.480 e. The van der Waals surface area contributed by atoms with Gasteiger partial charge in [-0.3, -0.25) is 4.79 Å². The molecule has 112 valence electrons. The molecule has 0 unspecified atom stereocenters. The maximum Gasteiger partial charge on any atom is 0.326 e. The number of hydrogen-bond acceptors (Lipinski definition) is 5. The second-order valence-corrected chi connectivity index (χ2v) is 5.18. The van der Waals surface area contributed by atoms with Crippen molar-refractivity contribution in [3.63, 3.8) is 0 Å². The van der Waals surface area contributed by atoms with Crippen LogP contribution >= 0.6 is 0 Å². The Balaban J connectivity index is 2.32. The molecule has 1 aromatic rings. The number of carboxylic acid groups (broad SMARTS) is 1. The molecule has 1 heterocycles. The quantitative estimate of drug-likeness (QED) is 0.745. The number of hydrogen-bond donors (Lipinski definition) is 2. The van der Waals surface area contributed by atoms with Gasteiger partial charge in [-0.15, -0.1) is 0 Å². The lowest BCUT2D eigenvalue weighted by molar-refractivity contribution is -0.142. The SMILES string of the molecule is Cc1noc(CCCC(=O)N[C@@H](CC(C)C)C(=O)O)n1. The number of aromatic nitrogens is 2. The molecule has 0 aliphatic carbocycles. The molecule has 0 bridgehead atoms. The summed E-state index contributed by atoms with van der Waals surface area (Å²) in [6, 6.07) is -0.826. The van der Waals surface area contributed by atoms with E-state index >= 15 is 0 Å². The van der Waals surface area contributed by atoms with Crippen molar-refractivity contribution in [2.45, 2.75) is 52.5 Å². The summed E-state index contributed by atoms with van der Waals surface area (Å²) >= 11 is 0. The number of aryl methyl sites for hydroxylation is 2. The van der Waals surface area contributed by atoms with Gasteiger partial charge < -0.3 is 14.9 Å². The van der Waals surface area contributed by atoms with Crippen LogP contribution in [-0.2, 0) is 16.0 Å². The number of amides is 1. The molecule has 0 spiro atoms. The monoisotopic (exact) mass is 283 g/mol. The molecule has 1 rings (SSSR count). The highest BCUT2D eigenvalue weighted by molar-refractivity contribution is 5.83. The van der Waals surface area contributed by atoms with Crippen molar-refractivity contribution < 1.29 is 19.2 Å². The van der Waals surface area contributed by atoms with Gasteiger partial charge in [0.1, 0.15) is 6.04 Å². The number of nitrogens with zero attached hydrogens (tertiary/aromatic N) is 2. The van der Waals surface area contributed by atoms with E-state index in [0.717, 1.165) is 0 Å². The lowest BCUT2D eigenvalue weighted by Gasteiger charge is -2.16. The van der Waals surface area contributed by atoms with Crippen molar-refractivity contribution in [2.75, 3.05) is 0 Å². The Labute approximate surface area is 117 Å². The van der Waals surface area contributed by atoms with Crippen molar-refractivity contribution in [3.05, 3.63) is 11.7 Å². The molecular weight excluding hydrogens is 262 g/mol. The van der Waals surface area contributed by atoms with Gasteiger partial charge in [0.15, 0.2) is 5.82 Å². The first-order chi connectivity index (χ1) is 9.38. The van der Waals surface area contributed by atoms with Gasteiger partial charge in [0.25, 0.3) is 0 Å². The number of carboxylic acids is 1. The maximum absolute atomic E-state index is 11.7. The summed E-state index contributed by atoms with van der Waals surface area (Å²) in [5.41, 5.74) is 0. The predicted octanol–water partition coefficient (Wildman–Crippen LogP) is 1.32. The second-order valence-electron chi connectivity index (χ2n) is 5.18. The first-order valence-electron chi connectivity index (χ1n) is 6.70. The number of carbonyl (C=O) groups is 2. The molecule has 1 aromatic heterocycles. The predicted molar refractivity (Wildman–Crippen MR) is 71.0 cm³/mol. The topological polar surface area (TPSA) is 105 Å². The molecule has 1 atom stereocenters. The molecule has 7 heteroatoms. The van der Waals surface area contributed by atoms with Crippen molar-refractivity contribution in [2.24, 2.45) is 5.92 Å². The van der Waals surface area contributed by atoms with Gasteiger partial charge in [-0.2, -0.15) is 4.98 Å². The Bertz CT molecular complexity index is 456. The van der Waals surface area contributed by atoms with Gasteiger partial charge in [0.05, 0.1) is 0 Å². The van der Waals surface area contributed by atoms with Crippen molar-refractivity contribution in [3.8, 4) is 0 Å². The molecular formula is C13H21N3O4. The smallest absolute Gasteiger partial charge is 0.326 e. The van der Waals surface area contributed by atoms with Gasteiger partial charge in [0, 0.05) is 12.8 Å². The number of rotatable bonds is 8. The molecule has 0 aromatic carbocycles. The van der Waals surface area contributed by atoms with Crippen LogP contribution in [-0.4, -0.2) is 33.2 Å². The standard InChI is InChI=1S/C13H21N3O4/c1-8(2)7-10(13(18)19)15-11(17)5-4-6-12-14-9(3)16-20-12/h8,10H,4-7H2,1-3H3,(H,15,17)(H,18,19)/t10-/m0/s1. The zero-order valence-electron chi connectivity index (χ0n) is 12.0. The molecule has 1 amide bonds. The van der Waals surface area contributed by atoms with E-state index < -0.39 is 12.0 Å². The molecule has 0 radical (unpaired) electrons. The number of aliphatic carboxylic acids is 1. The molecule has 20 heavy (non-hydrogen) atoms. The molecule has 0 aliphatic heterocycles. The van der Waals surface area contributed by atoms with Crippen LogP contribution < -0.4 is 5.32 Å². The van der Waals surface area contributed by atoms with E-state index in [1.54, 1.807) is 6.92 Å². The first-order valence-corrected chi connectivity index (χ1v) is 6.70. The fraction of sp³-hybridized carbons (Fsp3) is 0.692. The van der Waals surface area contributed by atoms with Gasteiger partial charge in [-0.25, -0.2) is 4.79 Å². The van der Waals surface area contributed by atoms with Gasteiger partial charge in [-0.1, -0.05) is 19.0 Å². The van der Waals surface area contributed by atoms with Gasteiger partial charge >= 0.3 is 5.97 Å². The number of carbonyl (C=O) groups excluding carboxylic acids is 1. The third-order valence-electron chi connectivity index (χ3n) is 2.70. The highest BCUT2D eigenvalue weighted by Gasteiger charge is 2.20. The molecule has 7 nitrogen and oxygen atoms in total. The minimum absolute atomic E-state index is 0.206. The Morgan fingerprint density at radius 3 is 2.60 bits per heavy atom. The van der Waals surface area contributed by atoms with E-state index in [4.69, 9.17) is 9.63 Å². The summed E-state index contributed by atoms with van der Waals surface area (Å²) in [6.45, 7) is 5.56. The van der Waals surface area contributed by atoms with Crippen LogP contribution in [0.2, 0.25) is 0 Å². The van der Waals surface area contributed by atoms with Crippen molar-refractivity contribution in [1.82, 2.24) is 15.5 Å². The second kappa shape index (κ2) is 7.62. The van der Waals surface area contributed by atoms with Crippen LogP contribution in [0.15, 0.2) is 4.52 Å². The van der Waals surface area contributed by atoms with E-state index in [-0.39, 0.29) is 18.2 Å². The fourth-order valence-electron chi connectivity index (χ4n) is 1.80. The summed E-state index contributed by atoms with van der Waals surface area (Å²) in [4.78, 5) is 26.7. The van der Waals surface area contributed by atoms with E-state index in [0.29, 0.717) is 31.0 Å². The van der Waals surface area contributed by atoms with Crippen LogP contribution in [0.4, 0.5) is 0 Å². The highest BCUT2D eigenvalue weighted by Crippen LogP contribution is 2.07. The normalized spacial score (nSPS) is 12.4. The first kappa shape index (κ1) is 16.1. The zero-order valence-corrected chi connectivity index (χ0v) is 12.0. The van der Waals surface area contributed by atoms with Crippen molar-refractivity contribution >= 4 is 11.9 Å².